The summed E-state index contributed by atoms with van der Waals surface area (Å²) in [5, 5.41) is 19.6. The second kappa shape index (κ2) is 16.4. The van der Waals surface area contributed by atoms with Crippen LogP contribution in [0.3, 0.4) is 0 Å². The third-order valence-electron chi connectivity index (χ3n) is 7.65. The molecule has 0 saturated heterocycles. The Hall–Kier alpha value is -6.26. The molecule has 5 rings (SSSR count). The van der Waals surface area contributed by atoms with Gasteiger partial charge in [0, 0.05) is 6.07 Å². The fourth-order valence-corrected chi connectivity index (χ4v) is 7.86. The van der Waals surface area contributed by atoms with Crippen LogP contribution in [0.15, 0.2) is 131 Å². The van der Waals surface area contributed by atoms with Crippen LogP contribution in [0.4, 0.5) is 11.4 Å². The Morgan fingerprint density at radius 1 is 0.585 bits per heavy atom. The number of sulfonamides is 2. The van der Waals surface area contributed by atoms with Gasteiger partial charge in [-0.25, -0.2) is 16.8 Å². The molecule has 0 heterocycles. The average molecular weight is 763 g/mol. The van der Waals surface area contributed by atoms with E-state index in [0.29, 0.717) is 37.2 Å². The molecule has 0 spiro atoms. The Balaban J connectivity index is 1.59. The van der Waals surface area contributed by atoms with Gasteiger partial charge in [0.25, 0.3) is 20.0 Å². The highest BCUT2D eigenvalue weighted by molar-refractivity contribution is 7.93. The molecule has 53 heavy (non-hydrogen) atoms. The van der Waals surface area contributed by atoms with Gasteiger partial charge in [-0.3, -0.25) is 18.2 Å². The van der Waals surface area contributed by atoms with Crippen LogP contribution in [0.1, 0.15) is 5.56 Å². The number of carboxylic acid groups (broad SMARTS) is 2. The van der Waals surface area contributed by atoms with Crippen LogP contribution in [0.5, 0.6) is 28.7 Å². The number of aliphatic carboxylic acids is 2. The molecule has 0 bridgehead atoms. The van der Waals surface area contributed by atoms with Crippen molar-refractivity contribution in [3.8, 4) is 28.7 Å². The van der Waals surface area contributed by atoms with Gasteiger partial charge in [0.1, 0.15) is 48.4 Å². The van der Waals surface area contributed by atoms with Gasteiger partial charge in [-0.2, -0.15) is 0 Å². The van der Waals surface area contributed by atoms with Crippen LogP contribution in [0.25, 0.3) is 0 Å². The molecule has 0 atom stereocenters. The number of rotatable bonds is 17. The van der Waals surface area contributed by atoms with Crippen LogP contribution in [-0.4, -0.2) is 66.3 Å². The van der Waals surface area contributed by atoms with Gasteiger partial charge in [-0.05, 0) is 90.5 Å². The van der Waals surface area contributed by atoms with Crippen molar-refractivity contribution in [2.24, 2.45) is 0 Å². The maximum absolute atomic E-state index is 14.0. The summed E-state index contributed by atoms with van der Waals surface area (Å²) < 4.78 is 79.1. The SMILES string of the molecule is COc1ccc(S(=O)(=O)N(CC(=O)O)c2ccc(N(CC(=O)O)S(=O)(=O)c3ccc(OC)cc3)c(OCc3ccc(Oc4ccccc4)cc3)c2)cc1. The predicted octanol–water partition coefficient (Wildman–Crippen LogP) is 5.63. The average Bonchev–Trinajstić information content (AvgIpc) is 3.16. The van der Waals surface area contributed by atoms with Crippen molar-refractivity contribution in [2.45, 2.75) is 16.4 Å². The molecule has 0 radical (unpaired) electrons. The zero-order valence-electron chi connectivity index (χ0n) is 28.4. The number of hydrogen-bond acceptors (Lipinski definition) is 10. The molecule has 2 N–H and O–H groups in total. The highest BCUT2D eigenvalue weighted by atomic mass is 32.2. The predicted molar refractivity (Wildman–Crippen MR) is 194 cm³/mol. The van der Waals surface area contributed by atoms with Crippen molar-refractivity contribution >= 4 is 43.4 Å². The third kappa shape index (κ3) is 9.16. The summed E-state index contributed by atoms with van der Waals surface area (Å²) in [4.78, 5) is 23.6. The lowest BCUT2D eigenvalue weighted by Gasteiger charge is -2.28. The Labute approximate surface area is 306 Å². The zero-order chi connectivity index (χ0) is 38.2. The van der Waals surface area contributed by atoms with E-state index in [-0.39, 0.29) is 33.5 Å². The lowest BCUT2D eigenvalue weighted by Crippen LogP contribution is -2.37. The summed E-state index contributed by atoms with van der Waals surface area (Å²) in [5.74, 6) is -1.38. The smallest absolute Gasteiger partial charge is 0.324 e. The fourth-order valence-electron chi connectivity index (χ4n) is 5.03. The molecule has 0 aromatic heterocycles. The molecule has 276 valence electrons. The lowest BCUT2D eigenvalue weighted by molar-refractivity contribution is -0.136. The van der Waals surface area contributed by atoms with Crippen molar-refractivity contribution in [1.29, 1.82) is 0 Å². The fraction of sp³-hybridized carbons (Fsp3) is 0.135. The van der Waals surface area contributed by atoms with Crippen molar-refractivity contribution < 1.29 is 55.6 Å². The molecule has 5 aromatic rings. The molecule has 0 fully saturated rings. The molecule has 0 amide bonds. The van der Waals surface area contributed by atoms with E-state index < -0.39 is 45.1 Å². The van der Waals surface area contributed by atoms with Crippen molar-refractivity contribution in [2.75, 3.05) is 35.9 Å². The van der Waals surface area contributed by atoms with Crippen LogP contribution in [0.2, 0.25) is 0 Å². The molecule has 16 heteroatoms. The first kappa shape index (κ1) is 38.0. The lowest BCUT2D eigenvalue weighted by atomic mass is 10.2. The maximum Gasteiger partial charge on any atom is 0.324 e. The van der Waals surface area contributed by atoms with E-state index in [1.165, 1.54) is 68.8 Å². The molecule has 0 saturated carbocycles. The second-order valence-electron chi connectivity index (χ2n) is 11.2. The van der Waals surface area contributed by atoms with E-state index in [1.807, 2.05) is 18.2 Å². The number of carboxylic acids is 2. The van der Waals surface area contributed by atoms with Gasteiger partial charge in [0.2, 0.25) is 0 Å². The third-order valence-corrected chi connectivity index (χ3v) is 11.2. The van der Waals surface area contributed by atoms with E-state index in [9.17, 15) is 36.6 Å². The number of ether oxygens (including phenoxy) is 4. The molecule has 0 aliphatic heterocycles. The van der Waals surface area contributed by atoms with Gasteiger partial charge in [-0.15, -0.1) is 0 Å². The molecule has 0 unspecified atom stereocenters. The molecular weight excluding hydrogens is 729 g/mol. The summed E-state index contributed by atoms with van der Waals surface area (Å²) in [6, 6.07) is 29.9. The largest absolute Gasteiger partial charge is 0.497 e. The Kier molecular flexibility index (Phi) is 11.7. The molecule has 14 nitrogen and oxygen atoms in total. The summed E-state index contributed by atoms with van der Waals surface area (Å²) in [6.45, 7) is -2.26. The van der Waals surface area contributed by atoms with Gasteiger partial charge >= 0.3 is 11.9 Å². The minimum Gasteiger partial charge on any atom is -0.497 e. The molecule has 0 aliphatic carbocycles. The van der Waals surface area contributed by atoms with Crippen LogP contribution >= 0.6 is 0 Å². The van der Waals surface area contributed by atoms with E-state index in [0.717, 1.165) is 12.1 Å². The molecule has 5 aromatic carbocycles. The van der Waals surface area contributed by atoms with E-state index in [2.05, 4.69) is 0 Å². The topological polar surface area (TPSA) is 186 Å². The highest BCUT2D eigenvalue weighted by Crippen LogP contribution is 2.38. The molecular formula is C37H34N2O12S2. The van der Waals surface area contributed by atoms with Crippen molar-refractivity contribution in [1.82, 2.24) is 0 Å². The normalized spacial score (nSPS) is 11.3. The number of carbonyl (C=O) groups is 2. The number of anilines is 2. The number of methoxy groups -OCH3 is 2. The highest BCUT2D eigenvalue weighted by Gasteiger charge is 2.32. The number of para-hydroxylation sites is 1. The van der Waals surface area contributed by atoms with E-state index in [4.69, 9.17) is 18.9 Å². The summed E-state index contributed by atoms with van der Waals surface area (Å²) in [5.41, 5.74) is 0.122. The number of benzene rings is 5. The zero-order valence-corrected chi connectivity index (χ0v) is 30.0. The van der Waals surface area contributed by atoms with Crippen LogP contribution in [-0.2, 0) is 36.2 Å². The Morgan fingerprint density at radius 3 is 1.57 bits per heavy atom. The first-order chi connectivity index (χ1) is 25.3. The van der Waals surface area contributed by atoms with E-state index in [1.54, 1.807) is 36.4 Å². The Morgan fingerprint density at radius 2 is 1.06 bits per heavy atom. The quantitative estimate of drug-likeness (QED) is 0.119. The van der Waals surface area contributed by atoms with E-state index >= 15 is 0 Å². The molecule has 0 aliphatic rings. The second-order valence-corrected chi connectivity index (χ2v) is 14.9. The van der Waals surface area contributed by atoms with Gasteiger partial charge in [-0.1, -0.05) is 30.3 Å². The minimum absolute atomic E-state index is 0.199. The first-order valence-electron chi connectivity index (χ1n) is 15.7. The summed E-state index contributed by atoms with van der Waals surface area (Å²) >= 11 is 0. The van der Waals surface area contributed by atoms with Crippen LogP contribution < -0.4 is 27.6 Å². The number of nitrogens with zero attached hydrogens (tertiary/aromatic N) is 2. The Bertz CT molecular complexity index is 2270. The van der Waals surface area contributed by atoms with Gasteiger partial charge in [0.15, 0.2) is 0 Å². The van der Waals surface area contributed by atoms with Gasteiger partial charge in [0.05, 0.1) is 35.4 Å². The number of hydrogen-bond donors (Lipinski definition) is 2. The standard InChI is InChI=1S/C37H34N2O12S2/c1-48-28-13-17-32(18-14-28)52(44,45)38(23-36(40)41)27-10-21-34(39(24-37(42)43)53(46,47)33-19-15-29(49-2)16-20-33)35(22-27)50-25-26-8-11-31(12-9-26)51-30-6-4-3-5-7-30/h3-22H,23-25H2,1-2H3,(H,40,41)(H,42,43). The summed E-state index contributed by atoms with van der Waals surface area (Å²) in [7, 11) is -6.31. The monoisotopic (exact) mass is 762 g/mol. The van der Waals surface area contributed by atoms with Gasteiger partial charge < -0.3 is 29.2 Å². The minimum atomic E-state index is -4.58. The van der Waals surface area contributed by atoms with Crippen molar-refractivity contribution in [3.63, 3.8) is 0 Å². The van der Waals surface area contributed by atoms with Crippen molar-refractivity contribution in [3.05, 3.63) is 127 Å². The van der Waals surface area contributed by atoms with Crippen LogP contribution in [0, 0.1) is 0 Å². The first-order valence-corrected chi connectivity index (χ1v) is 18.6. The summed E-state index contributed by atoms with van der Waals surface area (Å²) in [6.07, 6.45) is 0. The maximum atomic E-state index is 14.0.